The van der Waals surface area contributed by atoms with Crippen molar-refractivity contribution in [2.45, 2.75) is 13.5 Å². The van der Waals surface area contributed by atoms with Crippen LogP contribution in [-0.2, 0) is 6.54 Å². The smallest absolute Gasteiger partial charge is 0.258 e. The van der Waals surface area contributed by atoms with Gasteiger partial charge in [0.1, 0.15) is 5.75 Å². The average Bonchev–Trinajstić information content (AvgIpc) is 2.69. The Morgan fingerprint density at radius 2 is 1.81 bits per heavy atom. The van der Waals surface area contributed by atoms with Gasteiger partial charge in [-0.25, -0.2) is 9.97 Å². The third-order valence-corrected chi connectivity index (χ3v) is 3.49. The molecule has 7 heteroatoms. The zero-order valence-electron chi connectivity index (χ0n) is 14.3. The molecule has 0 radical (unpaired) electrons. The van der Waals surface area contributed by atoms with Crippen LogP contribution in [0.15, 0.2) is 61.1 Å². The van der Waals surface area contributed by atoms with E-state index in [4.69, 9.17) is 4.74 Å². The van der Waals surface area contributed by atoms with E-state index in [1.54, 1.807) is 30.5 Å². The van der Waals surface area contributed by atoms with E-state index in [9.17, 15) is 4.79 Å². The fraction of sp³-hybridized carbons (Fsp3) is 0.158. The van der Waals surface area contributed by atoms with Crippen LogP contribution in [0.4, 0.5) is 11.6 Å². The summed E-state index contributed by atoms with van der Waals surface area (Å²) in [7, 11) is 0. The summed E-state index contributed by atoms with van der Waals surface area (Å²) in [5.74, 6) is 0.927. The second-order valence-electron chi connectivity index (χ2n) is 5.38. The number of pyridine rings is 1. The zero-order chi connectivity index (χ0) is 18.2. The van der Waals surface area contributed by atoms with E-state index in [1.807, 2.05) is 25.1 Å². The molecule has 1 amide bonds. The van der Waals surface area contributed by atoms with Crippen LogP contribution in [0, 0.1) is 0 Å². The number of benzene rings is 1. The molecule has 0 saturated heterocycles. The summed E-state index contributed by atoms with van der Waals surface area (Å²) in [4.78, 5) is 24.8. The third kappa shape index (κ3) is 4.76. The SMILES string of the molecule is CCOc1ccc(NC(=O)c2cnc(NCc3ccccn3)nc2)cc1. The van der Waals surface area contributed by atoms with Crippen LogP contribution < -0.4 is 15.4 Å². The molecule has 0 bridgehead atoms. The molecule has 0 aliphatic rings. The Morgan fingerprint density at radius 3 is 2.46 bits per heavy atom. The maximum absolute atomic E-state index is 12.3. The Bertz CT molecular complexity index is 836. The lowest BCUT2D eigenvalue weighted by molar-refractivity contribution is 0.102. The molecular weight excluding hydrogens is 330 g/mol. The van der Waals surface area contributed by atoms with Gasteiger partial charge in [0.25, 0.3) is 5.91 Å². The van der Waals surface area contributed by atoms with Gasteiger partial charge in [-0.05, 0) is 43.3 Å². The molecule has 2 N–H and O–H groups in total. The molecule has 7 nitrogen and oxygen atoms in total. The molecule has 3 rings (SSSR count). The maximum atomic E-state index is 12.3. The Hall–Kier alpha value is -3.48. The molecule has 0 atom stereocenters. The monoisotopic (exact) mass is 349 g/mol. The molecule has 0 spiro atoms. The van der Waals surface area contributed by atoms with Crippen molar-refractivity contribution in [1.82, 2.24) is 15.0 Å². The van der Waals surface area contributed by atoms with Crippen molar-refractivity contribution in [3.63, 3.8) is 0 Å². The van der Waals surface area contributed by atoms with Crippen molar-refractivity contribution < 1.29 is 9.53 Å². The number of aromatic nitrogens is 3. The van der Waals surface area contributed by atoms with E-state index >= 15 is 0 Å². The topological polar surface area (TPSA) is 89.0 Å². The highest BCUT2D eigenvalue weighted by molar-refractivity contribution is 6.03. The van der Waals surface area contributed by atoms with Crippen molar-refractivity contribution in [2.75, 3.05) is 17.2 Å². The summed E-state index contributed by atoms with van der Waals surface area (Å²) in [6.07, 6.45) is 4.70. The fourth-order valence-electron chi connectivity index (χ4n) is 2.21. The minimum absolute atomic E-state index is 0.273. The standard InChI is InChI=1S/C19H19N5O2/c1-2-26-17-8-6-15(7-9-17)24-18(25)14-11-21-19(22-12-14)23-13-16-5-3-4-10-20-16/h3-12H,2,13H2,1H3,(H,24,25)(H,21,22,23). The normalized spacial score (nSPS) is 10.2. The first-order valence-corrected chi connectivity index (χ1v) is 8.24. The Morgan fingerprint density at radius 1 is 1.04 bits per heavy atom. The number of hydrogen-bond donors (Lipinski definition) is 2. The van der Waals surface area contributed by atoms with Crippen molar-refractivity contribution >= 4 is 17.5 Å². The van der Waals surface area contributed by atoms with Crippen LogP contribution in [0.3, 0.4) is 0 Å². The second-order valence-corrected chi connectivity index (χ2v) is 5.38. The van der Waals surface area contributed by atoms with Crippen LogP contribution in [0.2, 0.25) is 0 Å². The summed E-state index contributed by atoms with van der Waals surface area (Å²) >= 11 is 0. The lowest BCUT2D eigenvalue weighted by Gasteiger charge is -2.08. The van der Waals surface area contributed by atoms with Gasteiger partial charge in [-0.15, -0.1) is 0 Å². The summed E-state index contributed by atoms with van der Waals surface area (Å²) in [5, 5.41) is 5.86. The Labute approximate surface area is 151 Å². The zero-order valence-corrected chi connectivity index (χ0v) is 14.3. The molecule has 3 aromatic rings. The maximum Gasteiger partial charge on any atom is 0.258 e. The molecule has 0 fully saturated rings. The third-order valence-electron chi connectivity index (χ3n) is 3.49. The highest BCUT2D eigenvalue weighted by Crippen LogP contribution is 2.16. The fourth-order valence-corrected chi connectivity index (χ4v) is 2.21. The minimum Gasteiger partial charge on any atom is -0.494 e. The molecule has 0 unspecified atom stereocenters. The molecule has 0 aliphatic heterocycles. The van der Waals surface area contributed by atoms with E-state index < -0.39 is 0 Å². The van der Waals surface area contributed by atoms with Gasteiger partial charge in [-0.1, -0.05) is 6.07 Å². The second kappa shape index (κ2) is 8.57. The van der Waals surface area contributed by atoms with Crippen molar-refractivity contribution in [3.8, 4) is 5.75 Å². The summed E-state index contributed by atoms with van der Waals surface area (Å²) in [6, 6.07) is 12.9. The van der Waals surface area contributed by atoms with E-state index in [0.717, 1.165) is 11.4 Å². The van der Waals surface area contributed by atoms with E-state index in [2.05, 4.69) is 25.6 Å². The summed E-state index contributed by atoms with van der Waals surface area (Å²) in [5.41, 5.74) is 1.94. The van der Waals surface area contributed by atoms with Crippen LogP contribution in [-0.4, -0.2) is 27.5 Å². The number of hydrogen-bond acceptors (Lipinski definition) is 6. The van der Waals surface area contributed by atoms with Gasteiger partial charge in [0.2, 0.25) is 5.95 Å². The number of amides is 1. The van der Waals surface area contributed by atoms with Crippen LogP contribution in [0.25, 0.3) is 0 Å². The van der Waals surface area contributed by atoms with Crippen molar-refractivity contribution in [1.29, 1.82) is 0 Å². The van der Waals surface area contributed by atoms with Crippen molar-refractivity contribution in [2.24, 2.45) is 0 Å². The number of anilines is 2. The molecule has 0 saturated carbocycles. The van der Waals surface area contributed by atoms with Gasteiger partial charge in [0.05, 0.1) is 24.4 Å². The minimum atomic E-state index is -0.273. The van der Waals surface area contributed by atoms with Crippen molar-refractivity contribution in [3.05, 3.63) is 72.3 Å². The predicted molar refractivity (Wildman–Crippen MR) is 99.2 cm³/mol. The number of carbonyl (C=O) groups is 1. The van der Waals surface area contributed by atoms with E-state index in [-0.39, 0.29) is 5.91 Å². The highest BCUT2D eigenvalue weighted by atomic mass is 16.5. The predicted octanol–water partition coefficient (Wildman–Crippen LogP) is 3.13. The number of rotatable bonds is 7. The van der Waals surface area contributed by atoms with Gasteiger partial charge >= 0.3 is 0 Å². The summed E-state index contributed by atoms with van der Waals surface area (Å²) in [6.45, 7) is 3.03. The molecule has 2 heterocycles. The molecule has 132 valence electrons. The van der Waals surface area contributed by atoms with Gasteiger partial charge in [0.15, 0.2) is 0 Å². The van der Waals surface area contributed by atoms with Crippen LogP contribution >= 0.6 is 0 Å². The first-order valence-electron chi connectivity index (χ1n) is 8.24. The lowest BCUT2D eigenvalue weighted by Crippen LogP contribution is -2.13. The number of carbonyl (C=O) groups excluding carboxylic acids is 1. The molecule has 1 aromatic carbocycles. The van der Waals surface area contributed by atoms with Gasteiger partial charge < -0.3 is 15.4 Å². The lowest BCUT2D eigenvalue weighted by atomic mass is 10.2. The molecule has 26 heavy (non-hydrogen) atoms. The molecule has 0 aliphatic carbocycles. The van der Waals surface area contributed by atoms with Crippen LogP contribution in [0.5, 0.6) is 5.75 Å². The first-order chi connectivity index (χ1) is 12.7. The first kappa shape index (κ1) is 17.3. The van der Waals surface area contributed by atoms with Gasteiger partial charge in [-0.2, -0.15) is 0 Å². The largest absolute Gasteiger partial charge is 0.494 e. The van der Waals surface area contributed by atoms with Crippen LogP contribution in [0.1, 0.15) is 23.0 Å². The Balaban J connectivity index is 1.56. The van der Waals surface area contributed by atoms with Gasteiger partial charge in [-0.3, -0.25) is 9.78 Å². The summed E-state index contributed by atoms with van der Waals surface area (Å²) < 4.78 is 5.37. The highest BCUT2D eigenvalue weighted by Gasteiger charge is 2.08. The number of nitrogens with one attached hydrogen (secondary N) is 2. The van der Waals surface area contributed by atoms with Gasteiger partial charge in [0, 0.05) is 24.3 Å². The Kier molecular flexibility index (Phi) is 5.72. The average molecular weight is 349 g/mol. The van der Waals surface area contributed by atoms with E-state index in [1.165, 1.54) is 12.4 Å². The van der Waals surface area contributed by atoms with E-state index in [0.29, 0.717) is 30.4 Å². The molecule has 2 aromatic heterocycles. The number of ether oxygens (including phenoxy) is 1. The molecular formula is C19H19N5O2. The quantitative estimate of drug-likeness (QED) is 0.681. The number of nitrogens with zero attached hydrogens (tertiary/aromatic N) is 3.